The molecule has 3 rings (SSSR count). The molecular formula is C16H23N3O3. The Bertz CT molecular complexity index is 556. The fourth-order valence-corrected chi connectivity index (χ4v) is 2.61. The molecule has 1 saturated carbocycles. The van der Waals surface area contributed by atoms with E-state index in [0.717, 1.165) is 36.4 Å². The van der Waals surface area contributed by atoms with Gasteiger partial charge in [0.2, 0.25) is 0 Å². The first-order valence-electron chi connectivity index (χ1n) is 7.70. The average molecular weight is 305 g/mol. The lowest BCUT2D eigenvalue weighted by atomic mass is 10.0. The first-order chi connectivity index (χ1) is 10.6. The molecule has 6 heteroatoms. The standard InChI is InChI=1S/C16H23N3O3/c1-19(2)8-7-17-15(20)18-16(5-6-16)12-3-4-13-14(11-12)22-10-9-21-13/h3-4,11H,5-10H2,1-2H3,(H2,17,18,20). The number of carbonyl (C=O) groups excluding carboxylic acids is 1. The van der Waals surface area contributed by atoms with Gasteiger partial charge in [0.15, 0.2) is 11.5 Å². The van der Waals surface area contributed by atoms with Gasteiger partial charge in [0.05, 0.1) is 5.54 Å². The Morgan fingerprint density at radius 3 is 2.64 bits per heavy atom. The molecule has 0 unspecified atom stereocenters. The molecular weight excluding hydrogens is 282 g/mol. The van der Waals surface area contributed by atoms with E-state index >= 15 is 0 Å². The normalized spacial score (nSPS) is 18.0. The highest BCUT2D eigenvalue weighted by molar-refractivity contribution is 5.75. The number of likely N-dealkylation sites (N-methyl/N-ethyl adjacent to an activating group) is 1. The number of nitrogens with zero attached hydrogens (tertiary/aromatic N) is 1. The second-order valence-electron chi connectivity index (χ2n) is 6.12. The molecule has 0 aromatic heterocycles. The number of amides is 2. The third kappa shape index (κ3) is 3.27. The number of benzene rings is 1. The maximum absolute atomic E-state index is 12.0. The van der Waals surface area contributed by atoms with Crippen LogP contribution in [0.1, 0.15) is 18.4 Å². The molecule has 0 spiro atoms. The molecule has 1 aliphatic carbocycles. The molecule has 0 atom stereocenters. The highest BCUT2D eigenvalue weighted by Crippen LogP contribution is 2.47. The summed E-state index contributed by atoms with van der Waals surface area (Å²) in [5.41, 5.74) is 0.831. The molecule has 1 fully saturated rings. The quantitative estimate of drug-likeness (QED) is 0.861. The SMILES string of the molecule is CN(C)CCNC(=O)NC1(c2ccc3c(c2)OCCO3)CC1. The van der Waals surface area contributed by atoms with Crippen molar-refractivity contribution in [3.8, 4) is 11.5 Å². The van der Waals surface area contributed by atoms with Crippen molar-refractivity contribution in [1.82, 2.24) is 15.5 Å². The first-order valence-corrected chi connectivity index (χ1v) is 7.70. The second kappa shape index (κ2) is 6.04. The molecule has 0 bridgehead atoms. The Hall–Kier alpha value is -1.95. The van der Waals surface area contributed by atoms with Crippen LogP contribution in [0, 0.1) is 0 Å². The van der Waals surface area contributed by atoms with E-state index in [2.05, 4.69) is 10.6 Å². The van der Waals surface area contributed by atoms with Crippen LogP contribution < -0.4 is 20.1 Å². The Kier molecular flexibility index (Phi) is 4.11. The van der Waals surface area contributed by atoms with Gasteiger partial charge in [-0.2, -0.15) is 0 Å². The van der Waals surface area contributed by atoms with Gasteiger partial charge < -0.3 is 25.0 Å². The minimum absolute atomic E-state index is 0.116. The van der Waals surface area contributed by atoms with Gasteiger partial charge in [-0.05, 0) is 44.6 Å². The number of nitrogens with one attached hydrogen (secondary N) is 2. The summed E-state index contributed by atoms with van der Waals surface area (Å²) in [7, 11) is 3.97. The van der Waals surface area contributed by atoms with Crippen LogP contribution in [0.5, 0.6) is 11.5 Å². The summed E-state index contributed by atoms with van der Waals surface area (Å²) in [5.74, 6) is 1.55. The smallest absolute Gasteiger partial charge is 0.315 e. The minimum Gasteiger partial charge on any atom is -0.486 e. The van der Waals surface area contributed by atoms with E-state index in [1.54, 1.807) is 0 Å². The largest absolute Gasteiger partial charge is 0.486 e. The van der Waals surface area contributed by atoms with E-state index < -0.39 is 0 Å². The maximum atomic E-state index is 12.0. The predicted octanol–water partition coefficient (Wildman–Crippen LogP) is 1.31. The molecule has 1 aromatic carbocycles. The number of carbonyl (C=O) groups is 1. The Balaban J connectivity index is 1.62. The Morgan fingerprint density at radius 2 is 1.95 bits per heavy atom. The molecule has 120 valence electrons. The minimum atomic E-state index is -0.252. The van der Waals surface area contributed by atoms with Gasteiger partial charge in [0.1, 0.15) is 13.2 Å². The van der Waals surface area contributed by atoms with Crippen molar-refractivity contribution in [2.45, 2.75) is 18.4 Å². The van der Waals surface area contributed by atoms with Crippen molar-refractivity contribution in [2.24, 2.45) is 0 Å². The van der Waals surface area contributed by atoms with Crippen molar-refractivity contribution >= 4 is 6.03 Å². The summed E-state index contributed by atoms with van der Waals surface area (Å²) in [6.07, 6.45) is 1.90. The third-order valence-electron chi connectivity index (χ3n) is 4.04. The number of fused-ring (bicyclic) bond motifs is 1. The molecule has 2 aliphatic rings. The van der Waals surface area contributed by atoms with Crippen molar-refractivity contribution in [2.75, 3.05) is 40.4 Å². The van der Waals surface area contributed by atoms with Gasteiger partial charge in [-0.25, -0.2) is 4.79 Å². The first kappa shape index (κ1) is 15.0. The van der Waals surface area contributed by atoms with Crippen LogP contribution in [0.2, 0.25) is 0 Å². The van der Waals surface area contributed by atoms with Crippen LogP contribution in [-0.2, 0) is 5.54 Å². The summed E-state index contributed by atoms with van der Waals surface area (Å²) >= 11 is 0. The third-order valence-corrected chi connectivity index (χ3v) is 4.04. The van der Waals surface area contributed by atoms with Crippen LogP contribution in [0.4, 0.5) is 4.79 Å². The lowest BCUT2D eigenvalue weighted by molar-refractivity contribution is 0.171. The number of ether oxygens (including phenoxy) is 2. The summed E-state index contributed by atoms with van der Waals surface area (Å²) in [6, 6.07) is 5.81. The zero-order valence-electron chi connectivity index (χ0n) is 13.1. The summed E-state index contributed by atoms with van der Waals surface area (Å²) < 4.78 is 11.2. The van der Waals surface area contributed by atoms with Crippen LogP contribution in [-0.4, -0.2) is 51.3 Å². The van der Waals surface area contributed by atoms with E-state index in [1.807, 2.05) is 37.2 Å². The van der Waals surface area contributed by atoms with E-state index in [1.165, 1.54) is 0 Å². The van der Waals surface area contributed by atoms with Gasteiger partial charge in [-0.3, -0.25) is 0 Å². The van der Waals surface area contributed by atoms with E-state index in [4.69, 9.17) is 9.47 Å². The molecule has 0 radical (unpaired) electrons. The molecule has 0 saturated heterocycles. The number of urea groups is 1. The lowest BCUT2D eigenvalue weighted by Crippen LogP contribution is -2.44. The summed E-state index contributed by atoms with van der Waals surface area (Å²) in [6.45, 7) is 2.62. The Labute approximate surface area is 130 Å². The van der Waals surface area contributed by atoms with Crippen molar-refractivity contribution in [1.29, 1.82) is 0 Å². The fourth-order valence-electron chi connectivity index (χ4n) is 2.61. The highest BCUT2D eigenvalue weighted by atomic mass is 16.6. The van der Waals surface area contributed by atoms with E-state index in [-0.39, 0.29) is 11.6 Å². The van der Waals surface area contributed by atoms with Gasteiger partial charge in [-0.15, -0.1) is 0 Å². The second-order valence-corrected chi connectivity index (χ2v) is 6.12. The maximum Gasteiger partial charge on any atom is 0.315 e. The highest BCUT2D eigenvalue weighted by Gasteiger charge is 2.46. The van der Waals surface area contributed by atoms with Gasteiger partial charge in [-0.1, -0.05) is 6.07 Å². The van der Waals surface area contributed by atoms with Crippen LogP contribution in [0.3, 0.4) is 0 Å². The molecule has 1 aromatic rings. The van der Waals surface area contributed by atoms with Crippen LogP contribution in [0.25, 0.3) is 0 Å². The van der Waals surface area contributed by atoms with Crippen molar-refractivity contribution in [3.63, 3.8) is 0 Å². The van der Waals surface area contributed by atoms with Crippen molar-refractivity contribution in [3.05, 3.63) is 23.8 Å². The molecule has 6 nitrogen and oxygen atoms in total. The number of hydrogen-bond donors (Lipinski definition) is 2. The predicted molar refractivity (Wildman–Crippen MR) is 83.4 cm³/mol. The summed E-state index contributed by atoms with van der Waals surface area (Å²) in [5, 5.41) is 5.99. The van der Waals surface area contributed by atoms with E-state index in [0.29, 0.717) is 19.8 Å². The average Bonchev–Trinajstić information content (AvgIpc) is 3.27. The number of rotatable bonds is 5. The molecule has 1 aliphatic heterocycles. The fraction of sp³-hybridized carbons (Fsp3) is 0.562. The van der Waals surface area contributed by atoms with Gasteiger partial charge in [0.25, 0.3) is 0 Å². The summed E-state index contributed by atoms with van der Waals surface area (Å²) in [4.78, 5) is 14.1. The van der Waals surface area contributed by atoms with Crippen LogP contribution >= 0.6 is 0 Å². The number of hydrogen-bond acceptors (Lipinski definition) is 4. The molecule has 2 N–H and O–H groups in total. The lowest BCUT2D eigenvalue weighted by Gasteiger charge is -2.23. The van der Waals surface area contributed by atoms with Gasteiger partial charge in [0, 0.05) is 13.1 Å². The monoisotopic (exact) mass is 305 g/mol. The van der Waals surface area contributed by atoms with Crippen LogP contribution in [0.15, 0.2) is 18.2 Å². The van der Waals surface area contributed by atoms with Crippen molar-refractivity contribution < 1.29 is 14.3 Å². The molecule has 2 amide bonds. The zero-order valence-corrected chi connectivity index (χ0v) is 13.1. The molecule has 1 heterocycles. The zero-order chi connectivity index (χ0) is 15.6. The van der Waals surface area contributed by atoms with Gasteiger partial charge >= 0.3 is 6.03 Å². The topological polar surface area (TPSA) is 62.8 Å². The van der Waals surface area contributed by atoms with E-state index in [9.17, 15) is 4.79 Å². The Morgan fingerprint density at radius 1 is 1.23 bits per heavy atom. The molecule has 22 heavy (non-hydrogen) atoms.